The van der Waals surface area contributed by atoms with E-state index in [1.54, 1.807) is 11.3 Å². The molecule has 1 fully saturated rings. The number of nitrogens with zero attached hydrogens (tertiary/aromatic N) is 3. The van der Waals surface area contributed by atoms with Gasteiger partial charge in [0.2, 0.25) is 0 Å². The van der Waals surface area contributed by atoms with Crippen molar-refractivity contribution in [1.82, 2.24) is 14.9 Å². The number of rotatable bonds is 5. The standard InChI is InChI=1S/C25H26N4O2S/c1-16-9-8-14-29(20(16)15-26-25-28-19-12-6-7-13-21(19)31-25)24(30)22-23(32-17(2)27-22)18-10-4-3-5-11-18/h3-7,10-13,16,20H,8-9,14-15H2,1-2H3,(H,26,28)/t16?,20-/m1/s1. The zero-order valence-corrected chi connectivity index (χ0v) is 19.1. The third kappa shape index (κ3) is 4.00. The monoisotopic (exact) mass is 446 g/mol. The number of carbonyl (C=O) groups excluding carboxylic acids is 1. The molecular weight excluding hydrogens is 420 g/mol. The Morgan fingerprint density at radius 3 is 2.75 bits per heavy atom. The zero-order valence-electron chi connectivity index (χ0n) is 18.2. The molecule has 2 aromatic carbocycles. The number of para-hydroxylation sites is 2. The van der Waals surface area contributed by atoms with Crippen LogP contribution in [0.25, 0.3) is 21.5 Å². The van der Waals surface area contributed by atoms with Gasteiger partial charge in [-0.15, -0.1) is 11.3 Å². The van der Waals surface area contributed by atoms with Gasteiger partial charge < -0.3 is 14.6 Å². The number of anilines is 1. The van der Waals surface area contributed by atoms with Gasteiger partial charge in [0.25, 0.3) is 11.9 Å². The molecular formula is C25H26N4O2S. The maximum absolute atomic E-state index is 13.7. The summed E-state index contributed by atoms with van der Waals surface area (Å²) in [7, 11) is 0. The lowest BCUT2D eigenvalue weighted by molar-refractivity contribution is 0.0534. The van der Waals surface area contributed by atoms with E-state index in [1.807, 2.05) is 66.4 Å². The molecule has 7 heteroatoms. The number of aryl methyl sites for hydroxylation is 1. The first-order valence-corrected chi connectivity index (χ1v) is 11.8. The molecule has 1 saturated heterocycles. The van der Waals surface area contributed by atoms with Crippen LogP contribution < -0.4 is 5.32 Å². The summed E-state index contributed by atoms with van der Waals surface area (Å²) in [5.74, 6) is 0.369. The fraction of sp³-hybridized carbons (Fsp3) is 0.320. The third-order valence-electron chi connectivity index (χ3n) is 6.11. The van der Waals surface area contributed by atoms with E-state index in [0.29, 0.717) is 24.2 Å². The fourth-order valence-corrected chi connectivity index (χ4v) is 5.36. The van der Waals surface area contributed by atoms with Crippen LogP contribution in [0.2, 0.25) is 0 Å². The Kier molecular flexibility index (Phi) is 5.66. The van der Waals surface area contributed by atoms with Gasteiger partial charge in [-0.25, -0.2) is 4.98 Å². The molecule has 0 saturated carbocycles. The van der Waals surface area contributed by atoms with Gasteiger partial charge in [-0.2, -0.15) is 4.98 Å². The molecule has 32 heavy (non-hydrogen) atoms. The fourth-order valence-electron chi connectivity index (χ4n) is 4.45. The van der Waals surface area contributed by atoms with Gasteiger partial charge in [-0.3, -0.25) is 4.79 Å². The molecule has 0 radical (unpaired) electrons. The molecule has 2 atom stereocenters. The van der Waals surface area contributed by atoms with Crippen LogP contribution in [-0.2, 0) is 0 Å². The van der Waals surface area contributed by atoms with Crippen molar-refractivity contribution in [1.29, 1.82) is 0 Å². The highest BCUT2D eigenvalue weighted by molar-refractivity contribution is 7.15. The van der Waals surface area contributed by atoms with E-state index < -0.39 is 0 Å². The number of oxazole rings is 1. The highest BCUT2D eigenvalue weighted by atomic mass is 32.1. The Hall–Kier alpha value is -3.19. The van der Waals surface area contributed by atoms with E-state index in [9.17, 15) is 4.79 Å². The van der Waals surface area contributed by atoms with E-state index in [0.717, 1.165) is 45.9 Å². The molecule has 5 rings (SSSR count). The Balaban J connectivity index is 1.39. The number of thiazole rings is 1. The number of likely N-dealkylation sites (tertiary alicyclic amines) is 1. The van der Waals surface area contributed by atoms with Gasteiger partial charge >= 0.3 is 0 Å². The number of piperidine rings is 1. The minimum absolute atomic E-state index is 0.00381. The van der Waals surface area contributed by atoms with Crippen LogP contribution >= 0.6 is 11.3 Å². The summed E-state index contributed by atoms with van der Waals surface area (Å²) in [6, 6.07) is 18.3. The lowest BCUT2D eigenvalue weighted by atomic mass is 9.90. The topological polar surface area (TPSA) is 71.3 Å². The number of aromatic nitrogens is 2. The number of benzene rings is 2. The van der Waals surface area contributed by atoms with Crippen molar-refractivity contribution in [2.75, 3.05) is 18.4 Å². The first-order chi connectivity index (χ1) is 15.6. The summed E-state index contributed by atoms with van der Waals surface area (Å²) in [5, 5.41) is 4.23. The number of carbonyl (C=O) groups is 1. The van der Waals surface area contributed by atoms with Gasteiger partial charge in [-0.05, 0) is 43.4 Å². The van der Waals surface area contributed by atoms with Crippen LogP contribution in [0.15, 0.2) is 59.0 Å². The van der Waals surface area contributed by atoms with Gasteiger partial charge in [0, 0.05) is 13.1 Å². The second kappa shape index (κ2) is 8.74. The number of nitrogens with one attached hydrogen (secondary N) is 1. The normalized spacial score (nSPS) is 18.8. The van der Waals surface area contributed by atoms with Crippen LogP contribution in [0.1, 0.15) is 35.3 Å². The Labute approximate surface area is 191 Å². The molecule has 0 spiro atoms. The van der Waals surface area contributed by atoms with Gasteiger partial charge in [-0.1, -0.05) is 49.4 Å². The summed E-state index contributed by atoms with van der Waals surface area (Å²) in [4.78, 5) is 25.8. The second-order valence-electron chi connectivity index (χ2n) is 8.33. The molecule has 1 N–H and O–H groups in total. The smallest absolute Gasteiger partial charge is 0.295 e. The molecule has 1 aliphatic heterocycles. The van der Waals surface area contributed by atoms with E-state index in [2.05, 4.69) is 22.2 Å². The molecule has 3 heterocycles. The predicted molar refractivity (Wildman–Crippen MR) is 128 cm³/mol. The highest BCUT2D eigenvalue weighted by Gasteiger charge is 2.34. The van der Waals surface area contributed by atoms with Crippen LogP contribution in [-0.4, -0.2) is 39.9 Å². The first-order valence-electron chi connectivity index (χ1n) is 11.0. The van der Waals surface area contributed by atoms with E-state index in [1.165, 1.54) is 0 Å². The SMILES string of the molecule is Cc1nc(C(=O)N2CCCC(C)[C@H]2CNc2nc3ccccc3o2)c(-c2ccccc2)s1. The van der Waals surface area contributed by atoms with E-state index in [4.69, 9.17) is 4.42 Å². The first kappa shape index (κ1) is 20.7. The molecule has 1 aliphatic rings. The summed E-state index contributed by atoms with van der Waals surface area (Å²) in [5.41, 5.74) is 3.17. The Morgan fingerprint density at radius 2 is 1.94 bits per heavy atom. The van der Waals surface area contributed by atoms with Crippen molar-refractivity contribution in [2.45, 2.75) is 32.7 Å². The highest BCUT2D eigenvalue weighted by Crippen LogP contribution is 2.33. The molecule has 2 aromatic heterocycles. The third-order valence-corrected chi connectivity index (χ3v) is 7.13. The quantitative estimate of drug-likeness (QED) is 0.431. The van der Waals surface area contributed by atoms with Crippen LogP contribution in [0.4, 0.5) is 6.01 Å². The average Bonchev–Trinajstić information content (AvgIpc) is 3.41. The van der Waals surface area contributed by atoms with Crippen LogP contribution in [0.5, 0.6) is 0 Å². The van der Waals surface area contributed by atoms with Crippen molar-refractivity contribution in [2.24, 2.45) is 5.92 Å². The maximum atomic E-state index is 13.7. The van der Waals surface area contributed by atoms with Crippen LogP contribution in [0.3, 0.4) is 0 Å². The lowest BCUT2D eigenvalue weighted by Gasteiger charge is -2.39. The Bertz CT molecular complexity index is 1200. The summed E-state index contributed by atoms with van der Waals surface area (Å²) < 4.78 is 5.82. The summed E-state index contributed by atoms with van der Waals surface area (Å²) in [6.07, 6.45) is 2.08. The number of hydrogen-bond donors (Lipinski definition) is 1. The molecule has 164 valence electrons. The molecule has 6 nitrogen and oxygen atoms in total. The largest absolute Gasteiger partial charge is 0.424 e. The second-order valence-corrected chi connectivity index (χ2v) is 9.53. The lowest BCUT2D eigenvalue weighted by Crippen LogP contribution is -2.51. The minimum Gasteiger partial charge on any atom is -0.424 e. The molecule has 1 amide bonds. The number of amides is 1. The summed E-state index contributed by atoms with van der Waals surface area (Å²) in [6.45, 7) is 5.48. The Morgan fingerprint density at radius 1 is 1.16 bits per heavy atom. The molecule has 1 unspecified atom stereocenters. The van der Waals surface area contributed by atoms with Crippen molar-refractivity contribution in [3.8, 4) is 10.4 Å². The minimum atomic E-state index is 0.00381. The van der Waals surface area contributed by atoms with Crippen molar-refractivity contribution in [3.63, 3.8) is 0 Å². The van der Waals surface area contributed by atoms with Crippen molar-refractivity contribution >= 4 is 34.4 Å². The number of fused-ring (bicyclic) bond motifs is 1. The average molecular weight is 447 g/mol. The van der Waals surface area contributed by atoms with Crippen LogP contribution in [0, 0.1) is 12.8 Å². The van der Waals surface area contributed by atoms with Gasteiger partial charge in [0.1, 0.15) is 11.2 Å². The number of hydrogen-bond acceptors (Lipinski definition) is 6. The van der Waals surface area contributed by atoms with Crippen molar-refractivity contribution < 1.29 is 9.21 Å². The maximum Gasteiger partial charge on any atom is 0.295 e. The van der Waals surface area contributed by atoms with E-state index in [-0.39, 0.29) is 11.9 Å². The molecule has 4 aromatic rings. The van der Waals surface area contributed by atoms with Crippen molar-refractivity contribution in [3.05, 3.63) is 65.3 Å². The summed E-state index contributed by atoms with van der Waals surface area (Å²) >= 11 is 1.58. The molecule has 0 bridgehead atoms. The van der Waals surface area contributed by atoms with E-state index >= 15 is 0 Å². The molecule has 0 aliphatic carbocycles. The zero-order chi connectivity index (χ0) is 22.1. The van der Waals surface area contributed by atoms with Gasteiger partial charge in [0.05, 0.1) is 15.9 Å². The predicted octanol–water partition coefficient (Wildman–Crippen LogP) is 5.61. The van der Waals surface area contributed by atoms with Gasteiger partial charge in [0.15, 0.2) is 5.58 Å².